The number of carbonyl (C=O) groups is 3. The van der Waals surface area contributed by atoms with E-state index < -0.39 is 11.9 Å². The maximum Gasteiger partial charge on any atom is 0.405 e. The summed E-state index contributed by atoms with van der Waals surface area (Å²) in [6.07, 6.45) is 2.91. The Balaban J connectivity index is 1.02. The zero-order chi connectivity index (χ0) is 41.0. The Morgan fingerprint density at radius 2 is 1.69 bits per heavy atom. The number of rotatable bonds is 14. The Morgan fingerprint density at radius 1 is 0.897 bits per heavy atom. The van der Waals surface area contributed by atoms with E-state index in [0.717, 1.165) is 12.0 Å². The summed E-state index contributed by atoms with van der Waals surface area (Å²) in [6, 6.07) is 21.9. The molecule has 0 bridgehead atoms. The lowest BCUT2D eigenvalue weighted by Crippen LogP contribution is -2.25. The summed E-state index contributed by atoms with van der Waals surface area (Å²) in [6.45, 7) is 0.628. The second kappa shape index (κ2) is 19.2. The fourth-order valence-electron chi connectivity index (χ4n) is 6.20. The molecule has 5 aromatic rings. The second-order valence-electron chi connectivity index (χ2n) is 12.9. The van der Waals surface area contributed by atoms with E-state index in [2.05, 4.69) is 38.1 Å². The van der Waals surface area contributed by atoms with Crippen LogP contribution in [0.4, 0.5) is 26.5 Å². The lowest BCUT2D eigenvalue weighted by molar-refractivity contribution is -0.116. The van der Waals surface area contributed by atoms with Crippen molar-refractivity contribution in [2.45, 2.75) is 32.2 Å². The van der Waals surface area contributed by atoms with Gasteiger partial charge in [-0.15, -0.1) is 0 Å². The first-order chi connectivity index (χ1) is 28.1. The minimum absolute atomic E-state index is 0.0242. The van der Waals surface area contributed by atoms with E-state index in [-0.39, 0.29) is 36.4 Å². The SMILES string of the molecule is COc1cc(Nc2ncc3c(n2)-c2ccc(Cl)cc2C(c2c(F)cccc2OC)=NC3)ccc1C(=O)NCCCCCC(=O)Nc1ccc(C#CCNC(=O)O)cc1. The van der Waals surface area contributed by atoms with E-state index in [9.17, 15) is 14.4 Å². The number of fused-ring (bicyclic) bond motifs is 3. The zero-order valence-corrected chi connectivity index (χ0v) is 32.4. The van der Waals surface area contributed by atoms with E-state index in [0.29, 0.717) is 87.4 Å². The number of hydrogen-bond donors (Lipinski definition) is 5. The largest absolute Gasteiger partial charge is 0.496 e. The van der Waals surface area contributed by atoms with Gasteiger partial charge in [0.2, 0.25) is 11.9 Å². The van der Waals surface area contributed by atoms with Crippen LogP contribution < -0.4 is 30.7 Å². The highest BCUT2D eigenvalue weighted by atomic mass is 35.5. The fraction of sp³-hybridized carbons (Fsp3) is 0.209. The Morgan fingerprint density at radius 3 is 2.47 bits per heavy atom. The lowest BCUT2D eigenvalue weighted by atomic mass is 9.94. The number of amides is 3. The summed E-state index contributed by atoms with van der Waals surface area (Å²) in [7, 11) is 2.96. The molecule has 1 aromatic heterocycles. The second-order valence-corrected chi connectivity index (χ2v) is 13.4. The van der Waals surface area contributed by atoms with Gasteiger partial charge in [-0.05, 0) is 73.5 Å². The van der Waals surface area contributed by atoms with E-state index in [1.165, 1.54) is 20.3 Å². The first-order valence-electron chi connectivity index (χ1n) is 18.3. The molecule has 0 saturated carbocycles. The number of nitrogens with zero attached hydrogens (tertiary/aromatic N) is 3. The van der Waals surface area contributed by atoms with Crippen LogP contribution in [0.25, 0.3) is 11.3 Å². The number of carbonyl (C=O) groups excluding carboxylic acids is 2. The van der Waals surface area contributed by atoms with Crippen molar-refractivity contribution in [1.82, 2.24) is 20.6 Å². The van der Waals surface area contributed by atoms with Crippen LogP contribution in [0, 0.1) is 17.7 Å². The third-order valence-electron chi connectivity index (χ3n) is 8.99. The van der Waals surface area contributed by atoms with Gasteiger partial charge in [0.15, 0.2) is 0 Å². The zero-order valence-electron chi connectivity index (χ0n) is 31.6. The molecule has 6 rings (SSSR count). The predicted molar refractivity (Wildman–Crippen MR) is 220 cm³/mol. The summed E-state index contributed by atoms with van der Waals surface area (Å²) in [5, 5.41) is 20.2. The third kappa shape index (κ3) is 10.2. The van der Waals surface area contributed by atoms with Gasteiger partial charge in [-0.2, -0.15) is 0 Å². The quantitative estimate of drug-likeness (QED) is 0.0559. The Hall–Kier alpha value is -6.98. The maximum absolute atomic E-state index is 15.3. The van der Waals surface area contributed by atoms with Crippen molar-refractivity contribution in [3.05, 3.63) is 124 Å². The average Bonchev–Trinajstić information content (AvgIpc) is 3.37. The molecule has 4 aromatic carbocycles. The molecule has 0 atom stereocenters. The van der Waals surface area contributed by atoms with Gasteiger partial charge < -0.3 is 35.8 Å². The first-order valence-corrected chi connectivity index (χ1v) is 18.6. The van der Waals surface area contributed by atoms with Gasteiger partial charge in [0.25, 0.3) is 5.91 Å². The fourth-order valence-corrected chi connectivity index (χ4v) is 6.37. The minimum Gasteiger partial charge on any atom is -0.496 e. The number of carboxylic acid groups (broad SMARTS) is 1. The first kappa shape index (κ1) is 40.7. The number of nitrogens with one attached hydrogen (secondary N) is 4. The molecule has 58 heavy (non-hydrogen) atoms. The van der Waals surface area contributed by atoms with Crippen LogP contribution >= 0.6 is 11.6 Å². The van der Waals surface area contributed by atoms with Crippen molar-refractivity contribution in [3.63, 3.8) is 0 Å². The Kier molecular flexibility index (Phi) is 13.5. The van der Waals surface area contributed by atoms with Crippen LogP contribution in [0.1, 0.15) is 58.3 Å². The van der Waals surface area contributed by atoms with Gasteiger partial charge in [0.1, 0.15) is 17.3 Å². The molecule has 13 nitrogen and oxygen atoms in total. The molecule has 0 radical (unpaired) electrons. The minimum atomic E-state index is -1.14. The van der Waals surface area contributed by atoms with Crippen LogP contribution in [0.2, 0.25) is 5.02 Å². The highest BCUT2D eigenvalue weighted by Crippen LogP contribution is 2.36. The third-order valence-corrected chi connectivity index (χ3v) is 9.23. The number of aliphatic imine (C=N–C) groups is 1. The van der Waals surface area contributed by atoms with E-state index in [1.807, 2.05) is 6.07 Å². The van der Waals surface area contributed by atoms with Crippen molar-refractivity contribution in [3.8, 4) is 34.6 Å². The Labute approximate surface area is 339 Å². The molecule has 15 heteroatoms. The number of methoxy groups -OCH3 is 2. The topological polar surface area (TPSA) is 176 Å². The number of hydrogen-bond acceptors (Lipinski definition) is 9. The summed E-state index contributed by atoms with van der Waals surface area (Å²) in [5.74, 6) is 5.62. The molecular weight excluding hydrogens is 765 g/mol. The smallest absolute Gasteiger partial charge is 0.405 e. The van der Waals surface area contributed by atoms with Gasteiger partial charge in [0, 0.05) is 63.9 Å². The van der Waals surface area contributed by atoms with Gasteiger partial charge >= 0.3 is 6.09 Å². The number of ether oxygens (including phenoxy) is 2. The maximum atomic E-state index is 15.3. The molecule has 0 fully saturated rings. The highest BCUT2D eigenvalue weighted by molar-refractivity contribution is 6.31. The number of halogens is 2. The highest BCUT2D eigenvalue weighted by Gasteiger charge is 2.26. The molecule has 0 aliphatic carbocycles. The average molecular weight is 804 g/mol. The standard InChI is InChI=1S/C43H39ClFN7O6/c1-57-35-10-6-9-34(45)38(35)40-33-22-28(44)14-18-31(33)39-27(24-48-40)25-49-42(52-39)51-30-17-19-32(36(23-30)58-2)41(54)46-20-5-3-4-11-37(53)50-29-15-12-26(13-16-29)8-7-21-47-43(55)56/h6,9-10,12-19,22-23,25,47H,3-5,11,20-21,24H2,1-2H3,(H,46,54)(H,50,53)(H,55,56)(H,49,51,52). The van der Waals surface area contributed by atoms with E-state index in [4.69, 9.17) is 36.2 Å². The van der Waals surface area contributed by atoms with Crippen molar-refractivity contribution < 1.29 is 33.4 Å². The van der Waals surface area contributed by atoms with Crippen LogP contribution in [0.3, 0.4) is 0 Å². The van der Waals surface area contributed by atoms with Crippen LogP contribution in [-0.4, -0.2) is 66.0 Å². The molecule has 0 spiro atoms. The normalized spacial score (nSPS) is 11.3. The van der Waals surface area contributed by atoms with Crippen LogP contribution in [0.5, 0.6) is 11.5 Å². The van der Waals surface area contributed by atoms with Crippen LogP contribution in [-0.2, 0) is 11.3 Å². The van der Waals surface area contributed by atoms with Gasteiger partial charge in [-0.1, -0.05) is 42.0 Å². The molecule has 1 aliphatic rings. The summed E-state index contributed by atoms with van der Waals surface area (Å²) < 4.78 is 26.3. The number of benzene rings is 4. The summed E-state index contributed by atoms with van der Waals surface area (Å²) in [5.41, 5.74) is 5.50. The van der Waals surface area contributed by atoms with Crippen molar-refractivity contribution in [1.29, 1.82) is 0 Å². The number of anilines is 3. The predicted octanol–water partition coefficient (Wildman–Crippen LogP) is 7.60. The molecule has 0 unspecified atom stereocenters. The van der Waals surface area contributed by atoms with Crippen molar-refractivity contribution in [2.24, 2.45) is 4.99 Å². The molecule has 1 aliphatic heterocycles. The molecule has 296 valence electrons. The summed E-state index contributed by atoms with van der Waals surface area (Å²) >= 11 is 6.44. The number of aromatic nitrogens is 2. The molecule has 5 N–H and O–H groups in total. The number of unbranched alkanes of at least 4 members (excludes halogenated alkanes) is 2. The summed E-state index contributed by atoms with van der Waals surface area (Å²) in [4.78, 5) is 50.1. The van der Waals surface area contributed by atoms with Crippen molar-refractivity contribution in [2.75, 3.05) is 37.9 Å². The molecule has 3 amide bonds. The molecule has 2 heterocycles. The molecule has 0 saturated heterocycles. The molecular formula is C43H39ClFN7O6. The van der Waals surface area contributed by atoms with Gasteiger partial charge in [0.05, 0.1) is 49.8 Å². The lowest BCUT2D eigenvalue weighted by Gasteiger charge is -2.15. The van der Waals surface area contributed by atoms with Crippen molar-refractivity contribution >= 4 is 52.5 Å². The van der Waals surface area contributed by atoms with Gasteiger partial charge in [-0.25, -0.2) is 19.2 Å². The monoisotopic (exact) mass is 803 g/mol. The van der Waals surface area contributed by atoms with Gasteiger partial charge in [-0.3, -0.25) is 14.6 Å². The van der Waals surface area contributed by atoms with E-state index in [1.54, 1.807) is 72.9 Å². The van der Waals surface area contributed by atoms with Crippen LogP contribution in [0.15, 0.2) is 90.1 Å². The Bertz CT molecular complexity index is 2430. The van der Waals surface area contributed by atoms with E-state index >= 15 is 4.39 Å².